The topological polar surface area (TPSA) is 108 Å². The van der Waals surface area contributed by atoms with Crippen molar-refractivity contribution in [1.29, 1.82) is 0 Å². The lowest BCUT2D eigenvalue weighted by Crippen LogP contribution is -2.46. The molecule has 11 heteroatoms. The molecular weight excluding hydrogens is 531 g/mol. The fourth-order valence-corrected chi connectivity index (χ4v) is 4.35. The molecule has 36 heavy (non-hydrogen) atoms. The third-order valence-corrected chi connectivity index (χ3v) is 6.26. The van der Waals surface area contributed by atoms with Gasteiger partial charge in [-0.05, 0) is 49.7 Å². The second-order valence-corrected chi connectivity index (χ2v) is 9.12. The van der Waals surface area contributed by atoms with Crippen LogP contribution in [0.3, 0.4) is 0 Å². The van der Waals surface area contributed by atoms with E-state index >= 15 is 0 Å². The summed E-state index contributed by atoms with van der Waals surface area (Å²) in [6.07, 6.45) is 4.40. The molecule has 1 aromatic heterocycles. The molecule has 0 bridgehead atoms. The van der Waals surface area contributed by atoms with Crippen molar-refractivity contribution in [2.75, 3.05) is 30.3 Å². The molecule has 2 aromatic carbocycles. The Morgan fingerprint density at radius 1 is 1.31 bits per heavy atom. The Hall–Kier alpha value is -3.57. The molecule has 1 fully saturated rings. The van der Waals surface area contributed by atoms with Gasteiger partial charge in [-0.15, -0.1) is 0 Å². The minimum atomic E-state index is -0.456. The minimum Gasteiger partial charge on any atom is -0.489 e. The molecule has 0 spiro atoms. The third kappa shape index (κ3) is 5.97. The van der Waals surface area contributed by atoms with Gasteiger partial charge in [0.15, 0.2) is 0 Å². The van der Waals surface area contributed by atoms with Crippen LogP contribution in [-0.4, -0.2) is 52.5 Å². The Labute approximate surface area is 216 Å². The van der Waals surface area contributed by atoms with Gasteiger partial charge in [-0.2, -0.15) is 0 Å². The summed E-state index contributed by atoms with van der Waals surface area (Å²) >= 11 is 3.24. The molecule has 3 N–H and O–H groups in total. The quantitative estimate of drug-likeness (QED) is 0.336. The first-order valence-corrected chi connectivity index (χ1v) is 12.2. The van der Waals surface area contributed by atoms with E-state index in [1.807, 2.05) is 0 Å². The van der Waals surface area contributed by atoms with E-state index in [9.17, 15) is 14.0 Å². The first-order chi connectivity index (χ1) is 17.4. The molecule has 2 heterocycles. The van der Waals surface area contributed by atoms with Crippen LogP contribution >= 0.6 is 15.9 Å². The standard InChI is InChI=1S/C25H26BrFN6O3/c1-3-24(35)31-21-12-17-20(29-14-30-25(17)32-19-7-6-16(26)11-18(19)27)13-22(21)36-10-9-33(15(2)34)23-5-4-8-28-23/h3,6-7,11-14,23,28H,1,4-5,8-10H2,2H3,(H,31,35)(H,29,30,32). The van der Waals surface area contributed by atoms with E-state index in [1.165, 1.54) is 19.3 Å². The Kier molecular flexibility index (Phi) is 8.11. The number of aromatic nitrogens is 2. The fraction of sp³-hybridized carbons (Fsp3) is 0.280. The molecule has 3 aromatic rings. The van der Waals surface area contributed by atoms with Crippen LogP contribution in [0.25, 0.3) is 10.9 Å². The molecular formula is C25H26BrFN6O3. The molecule has 1 unspecified atom stereocenters. The lowest BCUT2D eigenvalue weighted by Gasteiger charge is -2.28. The van der Waals surface area contributed by atoms with E-state index < -0.39 is 11.7 Å². The molecule has 4 rings (SSSR count). The number of benzene rings is 2. The molecule has 0 radical (unpaired) electrons. The molecule has 188 valence electrons. The molecule has 1 atom stereocenters. The van der Waals surface area contributed by atoms with Gasteiger partial charge < -0.3 is 20.3 Å². The molecule has 0 saturated carbocycles. The SMILES string of the molecule is C=CC(=O)Nc1cc2c(Nc3ccc(Br)cc3F)ncnc2cc1OCCN(C(C)=O)C1CCCN1. The second-order valence-electron chi connectivity index (χ2n) is 8.20. The normalized spacial score (nSPS) is 14.9. The van der Waals surface area contributed by atoms with Crippen LogP contribution in [0.5, 0.6) is 5.75 Å². The van der Waals surface area contributed by atoms with E-state index in [-0.39, 0.29) is 24.4 Å². The van der Waals surface area contributed by atoms with Crippen LogP contribution in [0.2, 0.25) is 0 Å². The highest BCUT2D eigenvalue weighted by Crippen LogP contribution is 2.34. The lowest BCUT2D eigenvalue weighted by atomic mass is 10.1. The summed E-state index contributed by atoms with van der Waals surface area (Å²) < 4.78 is 21.0. The largest absolute Gasteiger partial charge is 0.489 e. The highest BCUT2D eigenvalue weighted by atomic mass is 79.9. The lowest BCUT2D eigenvalue weighted by molar-refractivity contribution is -0.131. The number of carbonyl (C=O) groups is 2. The van der Waals surface area contributed by atoms with Crippen LogP contribution in [0.4, 0.5) is 21.6 Å². The van der Waals surface area contributed by atoms with Crippen LogP contribution in [-0.2, 0) is 9.59 Å². The minimum absolute atomic E-state index is 0.0111. The first kappa shape index (κ1) is 25.5. The number of ether oxygens (including phenoxy) is 1. The smallest absolute Gasteiger partial charge is 0.247 e. The number of nitrogens with one attached hydrogen (secondary N) is 3. The van der Waals surface area contributed by atoms with Gasteiger partial charge in [-0.3, -0.25) is 14.9 Å². The van der Waals surface area contributed by atoms with Crippen molar-refractivity contribution in [1.82, 2.24) is 20.2 Å². The summed E-state index contributed by atoms with van der Waals surface area (Å²) in [5, 5.41) is 9.59. The van der Waals surface area contributed by atoms with Crippen LogP contribution in [0.1, 0.15) is 19.8 Å². The van der Waals surface area contributed by atoms with Gasteiger partial charge in [0, 0.05) is 22.8 Å². The zero-order valence-corrected chi connectivity index (χ0v) is 21.3. The molecule has 0 aliphatic carbocycles. The van der Waals surface area contributed by atoms with Crippen molar-refractivity contribution in [2.45, 2.75) is 25.9 Å². The monoisotopic (exact) mass is 556 g/mol. The number of fused-ring (bicyclic) bond motifs is 1. The summed E-state index contributed by atoms with van der Waals surface area (Å²) in [6, 6.07) is 7.98. The van der Waals surface area contributed by atoms with E-state index in [0.717, 1.165) is 25.5 Å². The molecule has 2 amide bonds. The number of anilines is 3. The van der Waals surface area contributed by atoms with Crippen molar-refractivity contribution in [3.63, 3.8) is 0 Å². The summed E-state index contributed by atoms with van der Waals surface area (Å²) in [4.78, 5) is 34.6. The van der Waals surface area contributed by atoms with Crippen molar-refractivity contribution in [3.05, 3.63) is 59.6 Å². The van der Waals surface area contributed by atoms with E-state index in [1.54, 1.807) is 29.2 Å². The average molecular weight is 557 g/mol. The highest BCUT2D eigenvalue weighted by molar-refractivity contribution is 9.10. The number of hydrogen-bond acceptors (Lipinski definition) is 7. The van der Waals surface area contributed by atoms with Crippen molar-refractivity contribution < 1.29 is 18.7 Å². The fourth-order valence-electron chi connectivity index (χ4n) is 4.02. The van der Waals surface area contributed by atoms with Gasteiger partial charge >= 0.3 is 0 Å². The molecule has 1 aliphatic rings. The first-order valence-electron chi connectivity index (χ1n) is 11.4. The van der Waals surface area contributed by atoms with E-state index in [4.69, 9.17) is 4.74 Å². The highest BCUT2D eigenvalue weighted by Gasteiger charge is 2.24. The molecule has 1 saturated heterocycles. The van der Waals surface area contributed by atoms with Gasteiger partial charge in [-0.1, -0.05) is 22.5 Å². The van der Waals surface area contributed by atoms with Gasteiger partial charge in [0.25, 0.3) is 0 Å². The predicted molar refractivity (Wildman–Crippen MR) is 140 cm³/mol. The van der Waals surface area contributed by atoms with E-state index in [0.29, 0.717) is 39.2 Å². The Morgan fingerprint density at radius 2 is 2.14 bits per heavy atom. The van der Waals surface area contributed by atoms with Gasteiger partial charge in [-0.25, -0.2) is 14.4 Å². The second kappa shape index (κ2) is 11.4. The third-order valence-electron chi connectivity index (χ3n) is 5.77. The number of carbonyl (C=O) groups excluding carboxylic acids is 2. The van der Waals surface area contributed by atoms with Crippen molar-refractivity contribution in [3.8, 4) is 5.75 Å². The van der Waals surface area contributed by atoms with Gasteiger partial charge in [0.05, 0.1) is 29.6 Å². The number of nitrogens with zero attached hydrogens (tertiary/aromatic N) is 3. The average Bonchev–Trinajstić information content (AvgIpc) is 3.38. The van der Waals surface area contributed by atoms with Crippen LogP contribution < -0.4 is 20.7 Å². The summed E-state index contributed by atoms with van der Waals surface area (Å²) in [6.45, 7) is 6.49. The maximum Gasteiger partial charge on any atom is 0.247 e. The van der Waals surface area contributed by atoms with Crippen LogP contribution in [0.15, 0.2) is 53.8 Å². The zero-order chi connectivity index (χ0) is 25.7. The molecule has 1 aliphatic heterocycles. The number of amides is 2. The Balaban J connectivity index is 1.61. The Bertz CT molecular complexity index is 1300. The van der Waals surface area contributed by atoms with Crippen molar-refractivity contribution in [2.24, 2.45) is 0 Å². The number of halogens is 2. The molecule has 9 nitrogen and oxygen atoms in total. The zero-order valence-electron chi connectivity index (χ0n) is 19.7. The predicted octanol–water partition coefficient (Wildman–Crippen LogP) is 4.34. The van der Waals surface area contributed by atoms with Gasteiger partial charge in [0.1, 0.15) is 30.3 Å². The van der Waals surface area contributed by atoms with E-state index in [2.05, 4.69) is 48.4 Å². The number of rotatable bonds is 9. The summed E-state index contributed by atoms with van der Waals surface area (Å²) in [5.41, 5.74) is 1.13. The number of hydrogen-bond donors (Lipinski definition) is 3. The van der Waals surface area contributed by atoms with Crippen molar-refractivity contribution >= 4 is 55.8 Å². The summed E-state index contributed by atoms with van der Waals surface area (Å²) in [5.74, 6) is -0.189. The summed E-state index contributed by atoms with van der Waals surface area (Å²) in [7, 11) is 0. The Morgan fingerprint density at radius 3 is 2.83 bits per heavy atom. The van der Waals surface area contributed by atoms with Crippen LogP contribution in [0, 0.1) is 5.82 Å². The maximum atomic E-state index is 14.4. The van der Waals surface area contributed by atoms with Gasteiger partial charge in [0.2, 0.25) is 11.8 Å². The maximum absolute atomic E-state index is 14.4.